The van der Waals surface area contributed by atoms with Gasteiger partial charge in [-0.3, -0.25) is 4.68 Å². The Morgan fingerprint density at radius 1 is 1.62 bits per heavy atom. The van der Waals surface area contributed by atoms with Crippen LogP contribution in [0.1, 0.15) is 18.7 Å². The van der Waals surface area contributed by atoms with E-state index < -0.39 is 0 Å². The molecule has 0 saturated heterocycles. The molecule has 1 aromatic rings. The molecule has 4 heteroatoms. The van der Waals surface area contributed by atoms with Gasteiger partial charge in [-0.1, -0.05) is 0 Å². The van der Waals surface area contributed by atoms with Crippen LogP contribution in [0.2, 0.25) is 0 Å². The van der Waals surface area contributed by atoms with Crippen molar-refractivity contribution in [3.63, 3.8) is 0 Å². The smallest absolute Gasteiger partial charge is 0.138 e. The van der Waals surface area contributed by atoms with E-state index in [2.05, 4.69) is 15.4 Å². The summed E-state index contributed by atoms with van der Waals surface area (Å²) < 4.78 is 1.87. The summed E-state index contributed by atoms with van der Waals surface area (Å²) in [6, 6.07) is 0. The van der Waals surface area contributed by atoms with Crippen molar-refractivity contribution in [2.45, 2.75) is 19.3 Å². The number of aryl methyl sites for hydroxylation is 1. The molecule has 0 spiro atoms. The van der Waals surface area contributed by atoms with Crippen LogP contribution >= 0.6 is 0 Å². The molecule has 1 aliphatic carbocycles. The minimum Gasteiger partial charge on any atom is -0.319 e. The fourth-order valence-corrected chi connectivity index (χ4v) is 1.78. The first-order valence-corrected chi connectivity index (χ1v) is 4.73. The summed E-state index contributed by atoms with van der Waals surface area (Å²) in [6.45, 7) is 1.10. The molecule has 1 aliphatic rings. The van der Waals surface area contributed by atoms with Gasteiger partial charge in [0.15, 0.2) is 0 Å². The fourth-order valence-electron chi connectivity index (χ4n) is 1.78. The van der Waals surface area contributed by atoms with E-state index in [9.17, 15) is 0 Å². The maximum atomic E-state index is 4.25. The standard InChI is InChI=1S/C9H16N4/c1-10-6-9(3-4-9)5-8-11-7-12-13(8)2/h7,10H,3-6H2,1-2H3. The Hall–Kier alpha value is -0.900. The maximum Gasteiger partial charge on any atom is 0.138 e. The molecule has 1 saturated carbocycles. The molecule has 72 valence electrons. The molecule has 0 aliphatic heterocycles. The van der Waals surface area contributed by atoms with E-state index in [0.29, 0.717) is 5.41 Å². The van der Waals surface area contributed by atoms with E-state index in [0.717, 1.165) is 18.8 Å². The zero-order valence-corrected chi connectivity index (χ0v) is 8.25. The molecule has 13 heavy (non-hydrogen) atoms. The van der Waals surface area contributed by atoms with E-state index in [1.807, 2.05) is 18.8 Å². The van der Waals surface area contributed by atoms with Gasteiger partial charge in [-0.2, -0.15) is 5.10 Å². The minimum absolute atomic E-state index is 0.482. The molecule has 2 rings (SSSR count). The van der Waals surface area contributed by atoms with Gasteiger partial charge in [-0.05, 0) is 25.3 Å². The Bertz CT molecular complexity index is 288. The van der Waals surface area contributed by atoms with Gasteiger partial charge in [0, 0.05) is 20.0 Å². The quantitative estimate of drug-likeness (QED) is 0.727. The molecule has 0 atom stereocenters. The lowest BCUT2D eigenvalue weighted by molar-refractivity contribution is 0.456. The zero-order chi connectivity index (χ0) is 9.31. The van der Waals surface area contributed by atoms with Crippen LogP contribution in [-0.4, -0.2) is 28.4 Å². The van der Waals surface area contributed by atoms with Crippen LogP contribution in [0.4, 0.5) is 0 Å². The molecule has 0 bridgehead atoms. The molecule has 0 radical (unpaired) electrons. The molecule has 0 aromatic carbocycles. The third-order valence-corrected chi connectivity index (χ3v) is 2.85. The van der Waals surface area contributed by atoms with Gasteiger partial charge < -0.3 is 5.32 Å². The van der Waals surface area contributed by atoms with E-state index in [-0.39, 0.29) is 0 Å². The van der Waals surface area contributed by atoms with Gasteiger partial charge in [-0.25, -0.2) is 4.98 Å². The van der Waals surface area contributed by atoms with E-state index in [1.165, 1.54) is 12.8 Å². The van der Waals surface area contributed by atoms with Crippen LogP contribution in [0.3, 0.4) is 0 Å². The predicted molar refractivity (Wildman–Crippen MR) is 50.3 cm³/mol. The van der Waals surface area contributed by atoms with Gasteiger partial charge in [0.05, 0.1) is 0 Å². The van der Waals surface area contributed by atoms with Crippen LogP contribution in [0.15, 0.2) is 6.33 Å². The van der Waals surface area contributed by atoms with Crippen molar-refractivity contribution in [2.75, 3.05) is 13.6 Å². The van der Waals surface area contributed by atoms with Crippen LogP contribution in [0, 0.1) is 5.41 Å². The average molecular weight is 180 g/mol. The van der Waals surface area contributed by atoms with Gasteiger partial charge in [0.25, 0.3) is 0 Å². The van der Waals surface area contributed by atoms with E-state index in [1.54, 1.807) is 6.33 Å². The maximum absolute atomic E-state index is 4.25. The Morgan fingerprint density at radius 2 is 2.38 bits per heavy atom. The fraction of sp³-hybridized carbons (Fsp3) is 0.778. The number of hydrogen-bond donors (Lipinski definition) is 1. The molecule has 0 unspecified atom stereocenters. The number of nitrogens with one attached hydrogen (secondary N) is 1. The Balaban J connectivity index is 2.02. The molecule has 0 amide bonds. The first kappa shape index (κ1) is 8.69. The number of aromatic nitrogens is 3. The third-order valence-electron chi connectivity index (χ3n) is 2.85. The largest absolute Gasteiger partial charge is 0.319 e. The van der Waals surface area contributed by atoms with Crippen LogP contribution in [-0.2, 0) is 13.5 Å². The summed E-state index contributed by atoms with van der Waals surface area (Å²) in [5.74, 6) is 1.10. The summed E-state index contributed by atoms with van der Waals surface area (Å²) in [4.78, 5) is 4.25. The highest BCUT2D eigenvalue weighted by Crippen LogP contribution is 2.47. The first-order chi connectivity index (χ1) is 6.26. The molecule has 1 heterocycles. The van der Waals surface area contributed by atoms with Crippen molar-refractivity contribution in [2.24, 2.45) is 12.5 Å². The number of rotatable bonds is 4. The molecule has 1 fully saturated rings. The van der Waals surface area contributed by atoms with Crippen LogP contribution < -0.4 is 5.32 Å². The summed E-state index contributed by atoms with van der Waals surface area (Å²) in [5, 5.41) is 7.32. The summed E-state index contributed by atoms with van der Waals surface area (Å²) >= 11 is 0. The van der Waals surface area contributed by atoms with Crippen molar-refractivity contribution in [3.05, 3.63) is 12.2 Å². The van der Waals surface area contributed by atoms with Crippen molar-refractivity contribution in [3.8, 4) is 0 Å². The lowest BCUT2D eigenvalue weighted by atomic mass is 10.0. The zero-order valence-electron chi connectivity index (χ0n) is 8.25. The van der Waals surface area contributed by atoms with Crippen LogP contribution in [0.5, 0.6) is 0 Å². The van der Waals surface area contributed by atoms with E-state index in [4.69, 9.17) is 0 Å². The third kappa shape index (κ3) is 1.72. The second kappa shape index (κ2) is 3.10. The Labute approximate surface area is 78.4 Å². The second-order valence-electron chi connectivity index (χ2n) is 4.01. The summed E-state index contributed by atoms with van der Waals surface area (Å²) in [5.41, 5.74) is 0.482. The second-order valence-corrected chi connectivity index (χ2v) is 4.01. The van der Waals surface area contributed by atoms with Crippen molar-refractivity contribution >= 4 is 0 Å². The minimum atomic E-state index is 0.482. The molecule has 1 N–H and O–H groups in total. The topological polar surface area (TPSA) is 42.7 Å². The van der Waals surface area contributed by atoms with Crippen LogP contribution in [0.25, 0.3) is 0 Å². The van der Waals surface area contributed by atoms with Gasteiger partial charge in [0.2, 0.25) is 0 Å². The van der Waals surface area contributed by atoms with Crippen molar-refractivity contribution < 1.29 is 0 Å². The molecule has 4 nitrogen and oxygen atoms in total. The lowest BCUT2D eigenvalue weighted by Crippen LogP contribution is -2.23. The molecular weight excluding hydrogens is 164 g/mol. The number of nitrogens with zero attached hydrogens (tertiary/aromatic N) is 3. The van der Waals surface area contributed by atoms with Crippen molar-refractivity contribution in [1.82, 2.24) is 20.1 Å². The molecule has 1 aromatic heterocycles. The van der Waals surface area contributed by atoms with E-state index >= 15 is 0 Å². The average Bonchev–Trinajstić information content (AvgIpc) is 2.73. The highest BCUT2D eigenvalue weighted by atomic mass is 15.3. The monoisotopic (exact) mass is 180 g/mol. The normalized spacial score (nSPS) is 18.9. The Morgan fingerprint density at radius 3 is 2.85 bits per heavy atom. The first-order valence-electron chi connectivity index (χ1n) is 4.73. The SMILES string of the molecule is CNCC1(Cc2ncnn2C)CC1. The number of hydrogen-bond acceptors (Lipinski definition) is 3. The summed E-state index contributed by atoms with van der Waals surface area (Å²) in [6.07, 6.45) is 5.33. The van der Waals surface area contributed by atoms with Gasteiger partial charge >= 0.3 is 0 Å². The summed E-state index contributed by atoms with van der Waals surface area (Å²) in [7, 11) is 3.97. The predicted octanol–water partition coefficient (Wildman–Crippen LogP) is 0.357. The van der Waals surface area contributed by atoms with Gasteiger partial charge in [0.1, 0.15) is 12.2 Å². The lowest BCUT2D eigenvalue weighted by Gasteiger charge is -2.12. The Kier molecular flexibility index (Phi) is 2.07. The highest BCUT2D eigenvalue weighted by molar-refractivity contribution is 5.02. The highest BCUT2D eigenvalue weighted by Gasteiger charge is 2.42. The van der Waals surface area contributed by atoms with Crippen molar-refractivity contribution in [1.29, 1.82) is 0 Å². The van der Waals surface area contributed by atoms with Gasteiger partial charge in [-0.15, -0.1) is 0 Å². The molecular formula is C9H16N4.